The lowest BCUT2D eigenvalue weighted by Gasteiger charge is -2.42. The van der Waals surface area contributed by atoms with E-state index in [9.17, 15) is 9.59 Å². The highest BCUT2D eigenvalue weighted by atomic mass is 16.6. The van der Waals surface area contributed by atoms with Crippen LogP contribution in [0.25, 0.3) is 0 Å². The minimum Gasteiger partial charge on any atom is -0.445 e. The molecule has 0 radical (unpaired) electrons. The maximum Gasteiger partial charge on any atom is 0.410 e. The summed E-state index contributed by atoms with van der Waals surface area (Å²) in [6, 6.07) is 10.0. The van der Waals surface area contributed by atoms with Crippen LogP contribution in [0.1, 0.15) is 52.0 Å². The molecule has 2 aliphatic rings. The Bertz CT molecular complexity index is 657. The lowest BCUT2D eigenvalue weighted by molar-refractivity contribution is -0.00250. The maximum atomic E-state index is 12.5. The molecule has 0 saturated carbocycles. The molecule has 2 fully saturated rings. The van der Waals surface area contributed by atoms with Crippen molar-refractivity contribution in [2.24, 2.45) is 0 Å². The Balaban J connectivity index is 1.55. The molecule has 2 bridgehead atoms. The summed E-state index contributed by atoms with van der Waals surface area (Å²) in [6.45, 7) is 5.93. The van der Waals surface area contributed by atoms with E-state index in [0.717, 1.165) is 31.2 Å². The Labute approximate surface area is 161 Å². The predicted octanol–water partition coefficient (Wildman–Crippen LogP) is 4.19. The lowest BCUT2D eigenvalue weighted by Crippen LogP contribution is -2.53. The number of carbonyl (C=O) groups excluding carboxylic acids is 2. The van der Waals surface area contributed by atoms with Gasteiger partial charge in [-0.2, -0.15) is 0 Å². The van der Waals surface area contributed by atoms with Crippen molar-refractivity contribution in [2.45, 2.75) is 76.8 Å². The first-order chi connectivity index (χ1) is 12.7. The maximum absolute atomic E-state index is 12.5. The van der Waals surface area contributed by atoms with Crippen LogP contribution in [-0.4, -0.2) is 52.8 Å². The van der Waals surface area contributed by atoms with E-state index < -0.39 is 5.60 Å². The highest BCUT2D eigenvalue weighted by molar-refractivity contribution is 5.70. The Kier molecular flexibility index (Phi) is 5.63. The van der Waals surface area contributed by atoms with E-state index in [4.69, 9.17) is 9.47 Å². The van der Waals surface area contributed by atoms with E-state index in [1.807, 2.05) is 56.0 Å². The van der Waals surface area contributed by atoms with Crippen molar-refractivity contribution < 1.29 is 19.1 Å². The monoisotopic (exact) mass is 374 g/mol. The second-order valence-electron chi connectivity index (χ2n) is 8.55. The molecule has 2 amide bonds. The molecule has 2 heterocycles. The van der Waals surface area contributed by atoms with Crippen molar-refractivity contribution in [3.63, 3.8) is 0 Å². The number of rotatable bonds is 3. The third-order valence-corrected chi connectivity index (χ3v) is 5.35. The first-order valence-electron chi connectivity index (χ1n) is 9.69. The number of nitrogens with zero attached hydrogens (tertiary/aromatic N) is 2. The number of hydrogen-bond acceptors (Lipinski definition) is 4. The van der Waals surface area contributed by atoms with Gasteiger partial charge in [0.2, 0.25) is 0 Å². The summed E-state index contributed by atoms with van der Waals surface area (Å²) in [5.41, 5.74) is 0.477. The molecule has 6 heteroatoms. The summed E-state index contributed by atoms with van der Waals surface area (Å²) in [5.74, 6) is 0. The first-order valence-corrected chi connectivity index (χ1v) is 9.69. The zero-order valence-electron chi connectivity index (χ0n) is 16.7. The number of fused-ring (bicyclic) bond motifs is 2. The van der Waals surface area contributed by atoms with Gasteiger partial charge in [-0.25, -0.2) is 9.59 Å². The molecule has 148 valence electrons. The summed E-state index contributed by atoms with van der Waals surface area (Å²) >= 11 is 0. The number of benzene rings is 1. The highest BCUT2D eigenvalue weighted by Crippen LogP contribution is 2.38. The Morgan fingerprint density at radius 1 is 1.11 bits per heavy atom. The van der Waals surface area contributed by atoms with E-state index in [1.165, 1.54) is 0 Å². The van der Waals surface area contributed by atoms with Gasteiger partial charge in [0, 0.05) is 25.2 Å². The molecular formula is C21H30N2O4. The highest BCUT2D eigenvalue weighted by Gasteiger charge is 2.46. The summed E-state index contributed by atoms with van der Waals surface area (Å²) in [6.07, 6.45) is 2.93. The van der Waals surface area contributed by atoms with Crippen LogP contribution in [0.15, 0.2) is 30.3 Å². The largest absolute Gasteiger partial charge is 0.445 e. The van der Waals surface area contributed by atoms with Crippen LogP contribution in [0.2, 0.25) is 0 Å². The van der Waals surface area contributed by atoms with Crippen molar-refractivity contribution in [3.05, 3.63) is 35.9 Å². The van der Waals surface area contributed by atoms with Crippen LogP contribution in [0.5, 0.6) is 0 Å². The molecule has 1 aromatic carbocycles. The Morgan fingerprint density at radius 3 is 2.26 bits per heavy atom. The van der Waals surface area contributed by atoms with Crippen LogP contribution < -0.4 is 0 Å². The van der Waals surface area contributed by atoms with Gasteiger partial charge in [0.15, 0.2) is 0 Å². The summed E-state index contributed by atoms with van der Waals surface area (Å²) in [5, 5.41) is 0. The standard InChI is InChI=1S/C21H30N2O4/c1-21(2,3)27-20(25)23-16-10-11-17(23)13-18(12-16)22(4)19(24)26-14-15-8-6-5-7-9-15/h5-9,16-18H,10-14H2,1-4H3/t16-,17-/m0/s1. The van der Waals surface area contributed by atoms with Gasteiger partial charge in [-0.05, 0) is 52.0 Å². The molecule has 0 N–H and O–H groups in total. The van der Waals surface area contributed by atoms with Crippen LogP contribution in [-0.2, 0) is 16.1 Å². The van der Waals surface area contributed by atoms with Gasteiger partial charge in [-0.1, -0.05) is 30.3 Å². The molecule has 0 unspecified atom stereocenters. The van der Waals surface area contributed by atoms with Gasteiger partial charge in [0.25, 0.3) is 0 Å². The average molecular weight is 374 g/mol. The van der Waals surface area contributed by atoms with Crippen molar-refractivity contribution in [1.29, 1.82) is 0 Å². The van der Waals surface area contributed by atoms with Gasteiger partial charge in [-0.3, -0.25) is 0 Å². The molecule has 2 saturated heterocycles. The van der Waals surface area contributed by atoms with Crippen LogP contribution >= 0.6 is 0 Å². The molecular weight excluding hydrogens is 344 g/mol. The van der Waals surface area contributed by atoms with Gasteiger partial charge < -0.3 is 19.3 Å². The second-order valence-corrected chi connectivity index (χ2v) is 8.55. The van der Waals surface area contributed by atoms with Crippen LogP contribution in [0.3, 0.4) is 0 Å². The Morgan fingerprint density at radius 2 is 1.70 bits per heavy atom. The van der Waals surface area contributed by atoms with Crippen molar-refractivity contribution in [1.82, 2.24) is 9.80 Å². The van der Waals surface area contributed by atoms with E-state index >= 15 is 0 Å². The minimum absolute atomic E-state index is 0.0875. The summed E-state index contributed by atoms with van der Waals surface area (Å²) in [4.78, 5) is 28.6. The van der Waals surface area contributed by atoms with E-state index in [2.05, 4.69) is 0 Å². The normalized spacial score (nSPS) is 24.4. The molecule has 0 aliphatic carbocycles. The quantitative estimate of drug-likeness (QED) is 0.796. The number of piperidine rings is 1. The molecule has 2 aliphatic heterocycles. The zero-order valence-corrected chi connectivity index (χ0v) is 16.7. The molecule has 1 aromatic rings. The van der Waals surface area contributed by atoms with Crippen molar-refractivity contribution >= 4 is 12.2 Å². The minimum atomic E-state index is -0.495. The van der Waals surface area contributed by atoms with Gasteiger partial charge >= 0.3 is 12.2 Å². The fraction of sp³-hybridized carbons (Fsp3) is 0.619. The number of ether oxygens (including phenoxy) is 2. The topological polar surface area (TPSA) is 59.1 Å². The first kappa shape index (κ1) is 19.5. The van der Waals surface area contributed by atoms with Crippen molar-refractivity contribution in [3.8, 4) is 0 Å². The second kappa shape index (κ2) is 7.79. The summed E-state index contributed by atoms with van der Waals surface area (Å²) < 4.78 is 11.0. The van der Waals surface area contributed by atoms with Gasteiger partial charge in [-0.15, -0.1) is 0 Å². The van der Waals surface area contributed by atoms with Crippen LogP contribution in [0.4, 0.5) is 9.59 Å². The third kappa shape index (κ3) is 4.73. The zero-order chi connectivity index (χ0) is 19.6. The summed E-state index contributed by atoms with van der Waals surface area (Å²) in [7, 11) is 1.79. The molecule has 6 nitrogen and oxygen atoms in total. The van der Waals surface area contributed by atoms with Gasteiger partial charge in [0.1, 0.15) is 12.2 Å². The number of hydrogen-bond donors (Lipinski definition) is 0. The van der Waals surface area contributed by atoms with Crippen molar-refractivity contribution in [2.75, 3.05) is 7.05 Å². The average Bonchev–Trinajstić information content (AvgIpc) is 2.88. The number of carbonyl (C=O) groups is 2. The van der Waals surface area contributed by atoms with E-state index in [-0.39, 0.29) is 36.9 Å². The number of amides is 2. The molecule has 0 aromatic heterocycles. The SMILES string of the molecule is CN(C(=O)OCc1ccccc1)C1C[C@@H]2CC[C@@H](C1)N2C(=O)OC(C)(C)C. The fourth-order valence-corrected chi connectivity index (χ4v) is 4.05. The molecule has 2 atom stereocenters. The van der Waals surface area contributed by atoms with Crippen LogP contribution in [0, 0.1) is 0 Å². The van der Waals surface area contributed by atoms with Gasteiger partial charge in [0.05, 0.1) is 0 Å². The Hall–Kier alpha value is -2.24. The third-order valence-electron chi connectivity index (χ3n) is 5.35. The van der Waals surface area contributed by atoms with E-state index in [0.29, 0.717) is 0 Å². The molecule has 0 spiro atoms. The lowest BCUT2D eigenvalue weighted by atomic mass is 9.97. The predicted molar refractivity (Wildman–Crippen MR) is 102 cm³/mol. The molecule has 3 rings (SSSR count). The smallest absolute Gasteiger partial charge is 0.410 e. The van der Waals surface area contributed by atoms with E-state index in [1.54, 1.807) is 11.9 Å². The fourth-order valence-electron chi connectivity index (χ4n) is 4.05. The molecule has 27 heavy (non-hydrogen) atoms.